The zero-order chi connectivity index (χ0) is 15.0. The number of hydrogen-bond donors (Lipinski definition) is 2. The fourth-order valence-corrected chi connectivity index (χ4v) is 4.69. The maximum Gasteiger partial charge on any atom is 0.227 e. The number of carbonyl (C=O) groups excluding carboxylic acids is 1. The lowest BCUT2D eigenvalue weighted by Gasteiger charge is -2.45. The summed E-state index contributed by atoms with van der Waals surface area (Å²) in [5.74, 6) is 0.281. The Bertz CT molecular complexity index is 351. The predicted molar refractivity (Wildman–Crippen MR) is 83.6 cm³/mol. The first kappa shape index (κ1) is 15.8. The van der Waals surface area contributed by atoms with E-state index >= 15 is 0 Å². The van der Waals surface area contributed by atoms with Gasteiger partial charge in [0.25, 0.3) is 0 Å². The van der Waals surface area contributed by atoms with Gasteiger partial charge in [0.2, 0.25) is 5.91 Å². The van der Waals surface area contributed by atoms with E-state index in [-0.39, 0.29) is 11.3 Å². The summed E-state index contributed by atoms with van der Waals surface area (Å²) in [6.45, 7) is 13.3. The molecule has 3 heteroatoms. The maximum atomic E-state index is 12.7. The molecule has 2 aliphatic rings. The van der Waals surface area contributed by atoms with E-state index in [1.54, 1.807) is 0 Å². The van der Waals surface area contributed by atoms with E-state index in [9.17, 15) is 4.79 Å². The molecule has 1 atom stereocenters. The summed E-state index contributed by atoms with van der Waals surface area (Å²) in [6, 6.07) is 0.338. The van der Waals surface area contributed by atoms with Crippen LogP contribution in [0.4, 0.5) is 0 Å². The minimum atomic E-state index is -0.161. The van der Waals surface area contributed by atoms with Gasteiger partial charge in [-0.2, -0.15) is 0 Å². The molecule has 2 rings (SSSR count). The first-order valence-electron chi connectivity index (χ1n) is 8.20. The summed E-state index contributed by atoms with van der Waals surface area (Å²) in [5, 5.41) is 6.74. The molecule has 1 saturated heterocycles. The monoisotopic (exact) mass is 280 g/mol. The molecular weight excluding hydrogens is 248 g/mol. The Balaban J connectivity index is 2.03. The number of rotatable bonds is 3. The molecule has 20 heavy (non-hydrogen) atoms. The quantitative estimate of drug-likeness (QED) is 0.834. The van der Waals surface area contributed by atoms with Crippen LogP contribution in [0.25, 0.3) is 0 Å². The van der Waals surface area contributed by atoms with Crippen molar-refractivity contribution in [1.29, 1.82) is 0 Å². The lowest BCUT2D eigenvalue weighted by Crippen LogP contribution is -2.51. The second kappa shape index (κ2) is 5.32. The van der Waals surface area contributed by atoms with Gasteiger partial charge in [0.1, 0.15) is 0 Å². The minimum Gasteiger partial charge on any atom is -0.353 e. The van der Waals surface area contributed by atoms with Crippen LogP contribution < -0.4 is 10.6 Å². The van der Waals surface area contributed by atoms with E-state index in [0.717, 1.165) is 38.8 Å². The van der Waals surface area contributed by atoms with Crippen molar-refractivity contribution in [3.8, 4) is 0 Å². The Morgan fingerprint density at radius 1 is 1.20 bits per heavy atom. The van der Waals surface area contributed by atoms with E-state index in [0.29, 0.717) is 16.9 Å². The third kappa shape index (κ3) is 3.36. The Morgan fingerprint density at radius 3 is 2.25 bits per heavy atom. The lowest BCUT2D eigenvalue weighted by molar-refractivity contribution is -0.132. The Hall–Kier alpha value is -0.570. The minimum absolute atomic E-state index is 0.161. The highest BCUT2D eigenvalue weighted by Crippen LogP contribution is 2.46. The van der Waals surface area contributed by atoms with Crippen LogP contribution in [0.1, 0.15) is 66.7 Å². The molecule has 1 aliphatic carbocycles. The molecule has 0 spiro atoms. The first-order chi connectivity index (χ1) is 9.18. The topological polar surface area (TPSA) is 41.1 Å². The third-order valence-corrected chi connectivity index (χ3v) is 5.29. The molecule has 0 aromatic carbocycles. The predicted octanol–water partition coefficient (Wildman–Crippen LogP) is 3.10. The van der Waals surface area contributed by atoms with Gasteiger partial charge in [-0.25, -0.2) is 0 Å². The van der Waals surface area contributed by atoms with Crippen LogP contribution in [-0.4, -0.2) is 25.0 Å². The van der Waals surface area contributed by atoms with Crippen molar-refractivity contribution in [3.63, 3.8) is 0 Å². The molecule has 2 fully saturated rings. The van der Waals surface area contributed by atoms with Gasteiger partial charge in [0.05, 0.1) is 5.41 Å². The molecule has 1 amide bonds. The SMILES string of the molecule is CCC1(C(=O)NC2CC(C)(C)CC(C)(C)C2)CCNC1. The number of nitrogens with one attached hydrogen (secondary N) is 2. The Labute approximate surface area is 124 Å². The van der Waals surface area contributed by atoms with Gasteiger partial charge in [-0.1, -0.05) is 34.6 Å². The molecule has 1 unspecified atom stereocenters. The van der Waals surface area contributed by atoms with Gasteiger partial charge in [0, 0.05) is 12.6 Å². The van der Waals surface area contributed by atoms with Crippen LogP contribution in [0.5, 0.6) is 0 Å². The summed E-state index contributed by atoms with van der Waals surface area (Å²) >= 11 is 0. The molecule has 0 radical (unpaired) electrons. The first-order valence-corrected chi connectivity index (χ1v) is 8.20. The van der Waals surface area contributed by atoms with E-state index in [2.05, 4.69) is 45.3 Å². The Kier molecular flexibility index (Phi) is 4.21. The van der Waals surface area contributed by atoms with E-state index in [1.807, 2.05) is 0 Å². The smallest absolute Gasteiger partial charge is 0.227 e. The van der Waals surface area contributed by atoms with Crippen LogP contribution >= 0.6 is 0 Å². The molecule has 0 bridgehead atoms. The zero-order valence-corrected chi connectivity index (χ0v) is 13.9. The molecule has 0 aromatic heterocycles. The van der Waals surface area contributed by atoms with Crippen LogP contribution in [-0.2, 0) is 4.79 Å². The summed E-state index contributed by atoms with van der Waals surface area (Å²) in [7, 11) is 0. The van der Waals surface area contributed by atoms with Crippen LogP contribution in [0.2, 0.25) is 0 Å². The van der Waals surface area contributed by atoms with Gasteiger partial charge in [0.15, 0.2) is 0 Å². The van der Waals surface area contributed by atoms with E-state index < -0.39 is 0 Å². The van der Waals surface area contributed by atoms with Crippen LogP contribution in [0.3, 0.4) is 0 Å². The van der Waals surface area contributed by atoms with Crippen molar-refractivity contribution in [2.24, 2.45) is 16.2 Å². The van der Waals surface area contributed by atoms with Gasteiger partial charge in [-0.3, -0.25) is 4.79 Å². The van der Waals surface area contributed by atoms with Gasteiger partial charge < -0.3 is 10.6 Å². The third-order valence-electron chi connectivity index (χ3n) is 5.29. The van der Waals surface area contributed by atoms with Gasteiger partial charge >= 0.3 is 0 Å². The molecule has 116 valence electrons. The fraction of sp³-hybridized carbons (Fsp3) is 0.941. The van der Waals surface area contributed by atoms with Crippen molar-refractivity contribution in [2.45, 2.75) is 72.8 Å². The molecule has 2 N–H and O–H groups in total. The molecule has 1 heterocycles. The summed E-state index contributed by atoms with van der Waals surface area (Å²) in [5.41, 5.74) is 0.492. The van der Waals surface area contributed by atoms with E-state index in [4.69, 9.17) is 0 Å². The highest BCUT2D eigenvalue weighted by atomic mass is 16.2. The highest BCUT2D eigenvalue weighted by Gasteiger charge is 2.43. The molecule has 0 aromatic rings. The van der Waals surface area contributed by atoms with Crippen molar-refractivity contribution in [2.75, 3.05) is 13.1 Å². The second-order valence-corrected chi connectivity index (χ2v) is 8.64. The molecule has 3 nitrogen and oxygen atoms in total. The number of carbonyl (C=O) groups is 1. The van der Waals surface area contributed by atoms with Crippen LogP contribution in [0, 0.1) is 16.2 Å². The van der Waals surface area contributed by atoms with Crippen molar-refractivity contribution in [1.82, 2.24) is 10.6 Å². The number of amides is 1. The van der Waals surface area contributed by atoms with Crippen molar-refractivity contribution in [3.05, 3.63) is 0 Å². The van der Waals surface area contributed by atoms with Gasteiger partial charge in [-0.05, 0) is 49.5 Å². The normalized spacial score (nSPS) is 33.0. The van der Waals surface area contributed by atoms with E-state index in [1.165, 1.54) is 6.42 Å². The van der Waals surface area contributed by atoms with Crippen molar-refractivity contribution < 1.29 is 4.79 Å². The zero-order valence-electron chi connectivity index (χ0n) is 13.9. The standard InChI is InChI=1S/C17H32N2O/c1-6-17(7-8-18-12-17)14(20)19-13-9-15(2,3)11-16(4,5)10-13/h13,18H,6-12H2,1-5H3,(H,19,20). The summed E-state index contributed by atoms with van der Waals surface area (Å²) in [4.78, 5) is 12.7. The maximum absolute atomic E-state index is 12.7. The summed E-state index contributed by atoms with van der Waals surface area (Å²) in [6.07, 6.45) is 5.37. The highest BCUT2D eigenvalue weighted by molar-refractivity contribution is 5.83. The average molecular weight is 280 g/mol. The molecule has 1 saturated carbocycles. The molecule has 1 aliphatic heterocycles. The Morgan fingerprint density at radius 2 is 1.80 bits per heavy atom. The molecular formula is C17H32N2O. The largest absolute Gasteiger partial charge is 0.353 e. The summed E-state index contributed by atoms with van der Waals surface area (Å²) < 4.78 is 0. The number of hydrogen-bond acceptors (Lipinski definition) is 2. The van der Waals surface area contributed by atoms with Crippen molar-refractivity contribution >= 4 is 5.91 Å². The average Bonchev–Trinajstić information content (AvgIpc) is 2.73. The lowest BCUT2D eigenvalue weighted by atomic mass is 9.63. The van der Waals surface area contributed by atoms with Crippen LogP contribution in [0.15, 0.2) is 0 Å². The van der Waals surface area contributed by atoms with Gasteiger partial charge in [-0.15, -0.1) is 0 Å². The second-order valence-electron chi connectivity index (χ2n) is 8.64. The fourth-order valence-electron chi connectivity index (χ4n) is 4.69.